The molecular weight excluding hydrogens is 212 g/mol. The Kier molecular flexibility index (Phi) is 4.28. The summed E-state index contributed by atoms with van der Waals surface area (Å²) in [6.45, 7) is 0. The Labute approximate surface area is 90.8 Å². The van der Waals surface area contributed by atoms with Crippen LogP contribution >= 0.6 is 0 Å². The van der Waals surface area contributed by atoms with E-state index in [9.17, 15) is 5.11 Å². The topological polar surface area (TPSA) is 47.9 Å². The molecule has 0 spiro atoms. The summed E-state index contributed by atoms with van der Waals surface area (Å²) >= 11 is 0. The van der Waals surface area contributed by atoms with Gasteiger partial charge < -0.3 is 18.4 Å². The molecule has 4 nitrogen and oxygen atoms in total. The zero-order valence-electron chi connectivity index (χ0n) is 9.19. The molecule has 1 N–H and O–H groups in total. The van der Waals surface area contributed by atoms with Crippen LogP contribution in [0.1, 0.15) is 5.56 Å². The third-order valence-corrected chi connectivity index (χ3v) is 5.01. The Bertz CT molecular complexity index is 304. The predicted octanol–water partition coefficient (Wildman–Crippen LogP) is 1.35. The molecule has 0 heterocycles. The van der Waals surface area contributed by atoms with E-state index in [-0.39, 0.29) is 5.75 Å². The van der Waals surface area contributed by atoms with Gasteiger partial charge in [-0.2, -0.15) is 0 Å². The van der Waals surface area contributed by atoms with E-state index in [0.29, 0.717) is 6.04 Å². The molecule has 0 aliphatic rings. The third kappa shape index (κ3) is 2.79. The summed E-state index contributed by atoms with van der Waals surface area (Å²) in [4.78, 5) is 0. The second kappa shape index (κ2) is 5.27. The van der Waals surface area contributed by atoms with Gasteiger partial charge in [-0.25, -0.2) is 0 Å². The molecule has 0 aromatic heterocycles. The van der Waals surface area contributed by atoms with Gasteiger partial charge in [0.2, 0.25) is 0 Å². The average molecular weight is 228 g/mol. The number of hydrogen-bond acceptors (Lipinski definition) is 4. The second-order valence-electron chi connectivity index (χ2n) is 3.10. The van der Waals surface area contributed by atoms with Crippen molar-refractivity contribution in [3.05, 3.63) is 29.8 Å². The van der Waals surface area contributed by atoms with Gasteiger partial charge in [0.15, 0.2) is 0 Å². The maximum absolute atomic E-state index is 9.62. The van der Waals surface area contributed by atoms with Crippen molar-refractivity contribution in [1.82, 2.24) is 0 Å². The zero-order chi connectivity index (χ0) is 11.3. The van der Waals surface area contributed by atoms with Crippen LogP contribution < -0.4 is 0 Å². The van der Waals surface area contributed by atoms with Crippen LogP contribution in [0.5, 0.6) is 5.75 Å². The molecule has 1 aromatic rings. The second-order valence-corrected chi connectivity index (χ2v) is 6.05. The minimum atomic E-state index is -2.65. The summed E-state index contributed by atoms with van der Waals surface area (Å²) in [6, 6.07) is 7.55. The van der Waals surface area contributed by atoms with E-state index < -0.39 is 8.80 Å². The lowest BCUT2D eigenvalue weighted by Crippen LogP contribution is -2.45. The first kappa shape index (κ1) is 12.2. The summed E-state index contributed by atoms with van der Waals surface area (Å²) < 4.78 is 15.8. The summed E-state index contributed by atoms with van der Waals surface area (Å²) in [5.74, 6) is 0.237. The van der Waals surface area contributed by atoms with E-state index in [1.54, 1.807) is 33.5 Å². The lowest BCUT2D eigenvalue weighted by Gasteiger charge is -2.24. The molecule has 1 rings (SSSR count). The highest BCUT2D eigenvalue weighted by atomic mass is 28.4. The summed E-state index contributed by atoms with van der Waals surface area (Å²) in [6.07, 6.45) is 0. The lowest BCUT2D eigenvalue weighted by atomic mass is 10.2. The summed E-state index contributed by atoms with van der Waals surface area (Å²) in [5, 5.41) is 9.62. The molecule has 0 amide bonds. The smallest absolute Gasteiger partial charge is 0.504 e. The van der Waals surface area contributed by atoms with Gasteiger partial charge in [0.1, 0.15) is 5.75 Å². The highest BCUT2D eigenvalue weighted by Gasteiger charge is 2.38. The Morgan fingerprint density at radius 2 is 1.60 bits per heavy atom. The van der Waals surface area contributed by atoms with Crippen LogP contribution in [0.25, 0.3) is 0 Å². The number of benzene rings is 1. The van der Waals surface area contributed by atoms with Crippen molar-refractivity contribution in [2.24, 2.45) is 0 Å². The standard InChI is InChI=1S/C10H16O4Si/c1-12-15(13-2,14-3)8-9-6-4-5-7-10(9)11/h4-7,11H,8H2,1-3H3. The molecule has 0 aliphatic heterocycles. The summed E-state index contributed by atoms with van der Waals surface area (Å²) in [5.41, 5.74) is 0.773. The van der Waals surface area contributed by atoms with Crippen LogP contribution in [0.2, 0.25) is 0 Å². The minimum absolute atomic E-state index is 0.237. The Hall–Kier alpha value is -0.883. The fourth-order valence-corrected chi connectivity index (χ4v) is 3.06. The number of hydrogen-bond donors (Lipinski definition) is 1. The molecule has 0 bridgehead atoms. The molecule has 0 saturated carbocycles. The van der Waals surface area contributed by atoms with Gasteiger partial charge in [-0.05, 0) is 11.6 Å². The fraction of sp³-hybridized carbons (Fsp3) is 0.400. The van der Waals surface area contributed by atoms with E-state index in [1.165, 1.54) is 0 Å². The molecule has 5 heteroatoms. The molecule has 1 aromatic carbocycles. The first-order chi connectivity index (χ1) is 7.17. The van der Waals surface area contributed by atoms with Gasteiger partial charge in [-0.1, -0.05) is 18.2 Å². The van der Waals surface area contributed by atoms with E-state index in [4.69, 9.17) is 13.3 Å². The molecule has 0 radical (unpaired) electrons. The largest absolute Gasteiger partial charge is 0.508 e. The highest BCUT2D eigenvalue weighted by molar-refractivity contribution is 6.60. The van der Waals surface area contributed by atoms with Crippen molar-refractivity contribution in [3.63, 3.8) is 0 Å². The lowest BCUT2D eigenvalue weighted by molar-refractivity contribution is 0.122. The SMILES string of the molecule is CO[Si](Cc1ccccc1O)(OC)OC. The van der Waals surface area contributed by atoms with Crippen LogP contribution in [-0.2, 0) is 19.3 Å². The van der Waals surface area contributed by atoms with Crippen molar-refractivity contribution in [3.8, 4) is 5.75 Å². The van der Waals surface area contributed by atoms with Gasteiger partial charge in [0.25, 0.3) is 0 Å². The molecule has 84 valence electrons. The van der Waals surface area contributed by atoms with Gasteiger partial charge in [0.05, 0.1) is 0 Å². The molecule has 0 aliphatic carbocycles. The van der Waals surface area contributed by atoms with Crippen LogP contribution in [0.3, 0.4) is 0 Å². The van der Waals surface area contributed by atoms with Crippen molar-refractivity contribution in [2.75, 3.05) is 21.3 Å². The number of rotatable bonds is 5. The molecule has 0 saturated heterocycles. The third-order valence-electron chi connectivity index (χ3n) is 2.33. The van der Waals surface area contributed by atoms with E-state index >= 15 is 0 Å². The van der Waals surface area contributed by atoms with E-state index in [0.717, 1.165) is 5.56 Å². The monoisotopic (exact) mass is 228 g/mol. The number of para-hydroxylation sites is 1. The van der Waals surface area contributed by atoms with E-state index in [1.807, 2.05) is 12.1 Å². The van der Waals surface area contributed by atoms with Gasteiger partial charge in [0, 0.05) is 27.4 Å². The van der Waals surface area contributed by atoms with Crippen molar-refractivity contribution in [2.45, 2.75) is 6.04 Å². The molecule has 0 unspecified atom stereocenters. The van der Waals surface area contributed by atoms with Crippen molar-refractivity contribution in [1.29, 1.82) is 0 Å². The first-order valence-electron chi connectivity index (χ1n) is 4.60. The molecule has 0 atom stereocenters. The Morgan fingerprint density at radius 1 is 1.07 bits per heavy atom. The number of phenols is 1. The Balaban J connectivity index is 2.88. The quantitative estimate of drug-likeness (QED) is 0.773. The van der Waals surface area contributed by atoms with Gasteiger partial charge in [-0.3, -0.25) is 0 Å². The molecule has 15 heavy (non-hydrogen) atoms. The molecule has 0 fully saturated rings. The van der Waals surface area contributed by atoms with Crippen molar-refractivity contribution < 1.29 is 18.4 Å². The predicted molar refractivity (Wildman–Crippen MR) is 58.6 cm³/mol. The Morgan fingerprint density at radius 3 is 2.07 bits per heavy atom. The van der Waals surface area contributed by atoms with Gasteiger partial charge in [-0.15, -0.1) is 0 Å². The minimum Gasteiger partial charge on any atom is -0.508 e. The number of phenolic OH excluding ortho intramolecular Hbond substituents is 1. The average Bonchev–Trinajstić information content (AvgIpc) is 2.29. The number of aromatic hydroxyl groups is 1. The van der Waals surface area contributed by atoms with Crippen LogP contribution in [0.4, 0.5) is 0 Å². The molecular formula is C10H16O4Si. The zero-order valence-corrected chi connectivity index (χ0v) is 10.2. The highest BCUT2D eigenvalue weighted by Crippen LogP contribution is 2.21. The normalized spacial score (nSPS) is 11.7. The van der Waals surface area contributed by atoms with Crippen LogP contribution in [0.15, 0.2) is 24.3 Å². The maximum atomic E-state index is 9.62. The van der Waals surface area contributed by atoms with Gasteiger partial charge >= 0.3 is 8.80 Å². The van der Waals surface area contributed by atoms with Crippen molar-refractivity contribution >= 4 is 8.80 Å². The maximum Gasteiger partial charge on any atom is 0.504 e. The summed E-state index contributed by atoms with van der Waals surface area (Å²) in [7, 11) is 2.01. The van der Waals surface area contributed by atoms with Crippen LogP contribution in [0, 0.1) is 0 Å². The van der Waals surface area contributed by atoms with Crippen LogP contribution in [-0.4, -0.2) is 35.2 Å². The van der Waals surface area contributed by atoms with E-state index in [2.05, 4.69) is 0 Å². The first-order valence-corrected chi connectivity index (χ1v) is 6.53. The fourth-order valence-electron chi connectivity index (χ4n) is 1.36.